The highest BCUT2D eigenvalue weighted by Gasteiger charge is 2.21. The van der Waals surface area contributed by atoms with Crippen LogP contribution in [0.15, 0.2) is 72.8 Å². The molecular formula is C24H23NO5S. The van der Waals surface area contributed by atoms with Gasteiger partial charge in [-0.3, -0.25) is 10.1 Å². The summed E-state index contributed by atoms with van der Waals surface area (Å²) in [5.41, 5.74) is 3.83. The van der Waals surface area contributed by atoms with Gasteiger partial charge in [-0.05, 0) is 11.1 Å². The molecule has 6 nitrogen and oxygen atoms in total. The third-order valence-corrected chi connectivity index (χ3v) is 5.93. The number of thioether (sulfide) groups is 1. The summed E-state index contributed by atoms with van der Waals surface area (Å²) >= 11 is 1.66. The number of nitrogens with zero attached hydrogens (tertiary/aromatic N) is 1. The highest BCUT2D eigenvalue weighted by atomic mass is 32.2. The van der Waals surface area contributed by atoms with E-state index in [0.717, 1.165) is 28.0 Å². The number of nitro benzene ring substituents is 1. The fraction of sp³-hybridized carbons (Fsp3) is 0.250. The van der Waals surface area contributed by atoms with Gasteiger partial charge in [-0.15, -0.1) is 0 Å². The van der Waals surface area contributed by atoms with Gasteiger partial charge in [0.05, 0.1) is 18.1 Å². The number of benzene rings is 3. The van der Waals surface area contributed by atoms with Crippen LogP contribution in [0.4, 0.5) is 5.69 Å². The second-order valence-corrected chi connectivity index (χ2v) is 8.19. The van der Waals surface area contributed by atoms with E-state index in [1.807, 2.05) is 36.4 Å². The first-order valence-electron chi connectivity index (χ1n) is 10.0. The molecule has 160 valence electrons. The molecule has 1 heterocycles. The van der Waals surface area contributed by atoms with E-state index in [1.165, 1.54) is 6.07 Å². The van der Waals surface area contributed by atoms with Crippen LogP contribution in [0.25, 0.3) is 0 Å². The number of nitro groups is 1. The third kappa shape index (κ3) is 5.44. The molecule has 1 aliphatic rings. The van der Waals surface area contributed by atoms with Crippen LogP contribution < -0.4 is 4.74 Å². The molecule has 0 aromatic heterocycles. The summed E-state index contributed by atoms with van der Waals surface area (Å²) in [6.07, 6.45) is -0.131. The van der Waals surface area contributed by atoms with Crippen molar-refractivity contribution < 1.29 is 19.1 Å². The molecule has 0 fully saturated rings. The first-order valence-corrected chi connectivity index (χ1v) is 11.2. The van der Waals surface area contributed by atoms with Gasteiger partial charge in [0, 0.05) is 34.8 Å². The van der Waals surface area contributed by atoms with E-state index in [2.05, 4.69) is 24.3 Å². The van der Waals surface area contributed by atoms with Crippen molar-refractivity contribution in [1.82, 2.24) is 0 Å². The van der Waals surface area contributed by atoms with Crippen LogP contribution >= 0.6 is 11.8 Å². The summed E-state index contributed by atoms with van der Waals surface area (Å²) in [6, 6.07) is 23.4. The van der Waals surface area contributed by atoms with E-state index < -0.39 is 0 Å². The van der Waals surface area contributed by atoms with E-state index in [-0.39, 0.29) is 23.5 Å². The predicted molar refractivity (Wildman–Crippen MR) is 120 cm³/mol. The van der Waals surface area contributed by atoms with Gasteiger partial charge in [-0.1, -0.05) is 60.7 Å². The molecule has 1 aliphatic heterocycles. The van der Waals surface area contributed by atoms with Gasteiger partial charge in [0.25, 0.3) is 5.69 Å². The predicted octanol–water partition coefficient (Wildman–Crippen LogP) is 5.50. The quantitative estimate of drug-likeness (QED) is 0.250. The second-order valence-electron chi connectivity index (χ2n) is 7.09. The lowest BCUT2D eigenvalue weighted by Gasteiger charge is -2.21. The molecule has 0 bridgehead atoms. The highest BCUT2D eigenvalue weighted by molar-refractivity contribution is 7.98. The van der Waals surface area contributed by atoms with Gasteiger partial charge in [-0.25, -0.2) is 0 Å². The standard InChI is InChI=1S/C24H23NO5S/c26-25(27)22-13-20-15-28-17-30-24(20)21(14-22)16-31-12-11-29-23(18-7-3-1-4-8-18)19-9-5-2-6-10-19/h1-10,13-14,23H,11-12,15-17H2. The maximum absolute atomic E-state index is 11.3. The molecule has 0 aliphatic carbocycles. The van der Waals surface area contributed by atoms with Gasteiger partial charge < -0.3 is 14.2 Å². The Hall–Kier alpha value is -2.87. The van der Waals surface area contributed by atoms with Crippen LogP contribution in [-0.4, -0.2) is 24.1 Å². The summed E-state index contributed by atoms with van der Waals surface area (Å²) in [5, 5.41) is 11.3. The van der Waals surface area contributed by atoms with Crippen molar-refractivity contribution in [2.24, 2.45) is 0 Å². The Morgan fingerprint density at radius 3 is 2.35 bits per heavy atom. The Morgan fingerprint density at radius 2 is 1.71 bits per heavy atom. The summed E-state index contributed by atoms with van der Waals surface area (Å²) < 4.78 is 17.1. The minimum absolute atomic E-state index is 0.0629. The number of fused-ring (bicyclic) bond motifs is 1. The Morgan fingerprint density at radius 1 is 1.03 bits per heavy atom. The van der Waals surface area contributed by atoms with Crippen LogP contribution in [0.3, 0.4) is 0 Å². The number of hydrogen-bond donors (Lipinski definition) is 0. The van der Waals surface area contributed by atoms with E-state index in [9.17, 15) is 10.1 Å². The third-order valence-electron chi connectivity index (χ3n) is 4.96. The van der Waals surface area contributed by atoms with Crippen molar-refractivity contribution in [2.75, 3.05) is 19.2 Å². The van der Waals surface area contributed by atoms with Gasteiger partial charge in [-0.2, -0.15) is 11.8 Å². The molecule has 0 atom stereocenters. The normalized spacial score (nSPS) is 12.9. The lowest BCUT2D eigenvalue weighted by molar-refractivity contribution is -0.385. The molecule has 0 amide bonds. The fourth-order valence-corrected chi connectivity index (χ4v) is 4.33. The Balaban J connectivity index is 1.38. The van der Waals surface area contributed by atoms with Crippen molar-refractivity contribution in [3.05, 3.63) is 105 Å². The molecule has 0 saturated carbocycles. The largest absolute Gasteiger partial charge is 0.467 e. The van der Waals surface area contributed by atoms with Crippen LogP contribution in [0.1, 0.15) is 28.4 Å². The summed E-state index contributed by atoms with van der Waals surface area (Å²) in [4.78, 5) is 10.9. The second kappa shape index (κ2) is 10.4. The molecule has 0 spiro atoms. The molecule has 0 saturated heterocycles. The van der Waals surface area contributed by atoms with E-state index in [0.29, 0.717) is 24.7 Å². The van der Waals surface area contributed by atoms with Crippen LogP contribution in [0.2, 0.25) is 0 Å². The van der Waals surface area contributed by atoms with Crippen molar-refractivity contribution in [2.45, 2.75) is 18.5 Å². The summed E-state index contributed by atoms with van der Waals surface area (Å²) in [7, 11) is 0. The van der Waals surface area contributed by atoms with Gasteiger partial charge in [0.1, 0.15) is 11.9 Å². The van der Waals surface area contributed by atoms with Crippen molar-refractivity contribution in [3.63, 3.8) is 0 Å². The van der Waals surface area contributed by atoms with E-state index in [1.54, 1.807) is 17.8 Å². The van der Waals surface area contributed by atoms with E-state index >= 15 is 0 Å². The Labute approximate surface area is 185 Å². The lowest BCUT2D eigenvalue weighted by Crippen LogP contribution is -2.13. The number of rotatable bonds is 9. The van der Waals surface area contributed by atoms with Crippen LogP contribution in [-0.2, 0) is 21.8 Å². The minimum atomic E-state index is -0.378. The van der Waals surface area contributed by atoms with Gasteiger partial charge in [0.2, 0.25) is 0 Å². The average molecular weight is 438 g/mol. The van der Waals surface area contributed by atoms with Crippen molar-refractivity contribution >= 4 is 17.4 Å². The molecule has 3 aromatic carbocycles. The molecule has 3 aromatic rings. The molecule has 31 heavy (non-hydrogen) atoms. The van der Waals surface area contributed by atoms with E-state index in [4.69, 9.17) is 14.2 Å². The first kappa shape index (κ1) is 21.4. The molecular weight excluding hydrogens is 414 g/mol. The first-order chi connectivity index (χ1) is 15.2. The molecule has 0 unspecified atom stereocenters. The van der Waals surface area contributed by atoms with Gasteiger partial charge >= 0.3 is 0 Å². The average Bonchev–Trinajstić information content (AvgIpc) is 2.82. The molecule has 4 rings (SSSR count). The number of hydrogen-bond acceptors (Lipinski definition) is 6. The Kier molecular flexibility index (Phi) is 7.19. The molecule has 7 heteroatoms. The fourth-order valence-electron chi connectivity index (χ4n) is 3.54. The zero-order valence-corrected chi connectivity index (χ0v) is 17.8. The SMILES string of the molecule is O=[N+]([O-])c1cc2c(c(CSCCOC(c3ccccc3)c3ccccc3)c1)OCOC2. The lowest BCUT2D eigenvalue weighted by atomic mass is 10.0. The summed E-state index contributed by atoms with van der Waals surface area (Å²) in [6.45, 7) is 1.05. The zero-order chi connectivity index (χ0) is 21.5. The van der Waals surface area contributed by atoms with Crippen LogP contribution in [0.5, 0.6) is 5.75 Å². The summed E-state index contributed by atoms with van der Waals surface area (Å²) in [5.74, 6) is 2.07. The highest BCUT2D eigenvalue weighted by Crippen LogP contribution is 2.35. The molecule has 0 radical (unpaired) electrons. The number of ether oxygens (including phenoxy) is 3. The Bertz CT molecular complexity index is 974. The van der Waals surface area contributed by atoms with Crippen molar-refractivity contribution in [3.8, 4) is 5.75 Å². The topological polar surface area (TPSA) is 70.8 Å². The molecule has 0 N–H and O–H groups in total. The maximum Gasteiger partial charge on any atom is 0.270 e. The smallest absolute Gasteiger partial charge is 0.270 e. The zero-order valence-electron chi connectivity index (χ0n) is 16.9. The number of non-ortho nitro benzene ring substituents is 1. The van der Waals surface area contributed by atoms with Crippen molar-refractivity contribution in [1.29, 1.82) is 0 Å². The van der Waals surface area contributed by atoms with Gasteiger partial charge in [0.15, 0.2) is 6.79 Å². The monoisotopic (exact) mass is 437 g/mol. The maximum atomic E-state index is 11.3. The van der Waals surface area contributed by atoms with Crippen LogP contribution in [0, 0.1) is 10.1 Å². The minimum Gasteiger partial charge on any atom is -0.467 e.